The van der Waals surface area contributed by atoms with E-state index in [9.17, 15) is 4.39 Å². The van der Waals surface area contributed by atoms with Gasteiger partial charge in [-0.3, -0.25) is 0 Å². The van der Waals surface area contributed by atoms with Crippen molar-refractivity contribution in [3.8, 4) is 22.0 Å². The van der Waals surface area contributed by atoms with Crippen LogP contribution in [0.2, 0.25) is 0 Å². The molecule has 0 saturated carbocycles. The number of nitrogens with zero attached hydrogens (tertiary/aromatic N) is 4. The van der Waals surface area contributed by atoms with Gasteiger partial charge in [-0.1, -0.05) is 11.3 Å². The van der Waals surface area contributed by atoms with E-state index in [1.807, 2.05) is 16.8 Å². The third-order valence-corrected chi connectivity index (χ3v) is 5.18. The number of fused-ring (bicyclic) bond motifs is 1. The fourth-order valence-corrected chi connectivity index (χ4v) is 3.86. The summed E-state index contributed by atoms with van der Waals surface area (Å²) in [6.45, 7) is 0. The largest absolute Gasteiger partial charge is 0.235 e. The monoisotopic (exact) mass is 380 g/mol. The summed E-state index contributed by atoms with van der Waals surface area (Å²) < 4.78 is 15.4. The molecule has 3 heterocycles. The van der Waals surface area contributed by atoms with Gasteiger partial charge in [0.05, 0.1) is 4.47 Å². The summed E-state index contributed by atoms with van der Waals surface area (Å²) in [5.41, 5.74) is 1.83. The Morgan fingerprint density at radius 2 is 2.05 bits per heavy atom. The van der Waals surface area contributed by atoms with Gasteiger partial charge in [0.15, 0.2) is 5.82 Å². The van der Waals surface area contributed by atoms with E-state index in [2.05, 4.69) is 31.2 Å². The molecule has 0 radical (unpaired) electrons. The molecule has 8 heteroatoms. The highest BCUT2D eigenvalue weighted by molar-refractivity contribution is 9.10. The van der Waals surface area contributed by atoms with E-state index in [-0.39, 0.29) is 5.82 Å². The maximum Gasteiger partial charge on any atom is 0.235 e. The van der Waals surface area contributed by atoms with Crippen LogP contribution >= 0.6 is 38.6 Å². The van der Waals surface area contributed by atoms with Crippen LogP contribution in [0.15, 0.2) is 39.5 Å². The molecule has 21 heavy (non-hydrogen) atoms. The molecule has 0 unspecified atom stereocenters. The summed E-state index contributed by atoms with van der Waals surface area (Å²) in [7, 11) is 0. The lowest BCUT2D eigenvalue weighted by Crippen LogP contribution is -1.91. The minimum Gasteiger partial charge on any atom is -0.206 e. The Hall–Kier alpha value is -1.64. The van der Waals surface area contributed by atoms with E-state index in [1.54, 1.807) is 28.0 Å². The van der Waals surface area contributed by atoms with Crippen molar-refractivity contribution in [1.29, 1.82) is 0 Å². The van der Waals surface area contributed by atoms with Crippen LogP contribution in [0.25, 0.3) is 26.9 Å². The number of hydrogen-bond acceptors (Lipinski definition) is 5. The topological polar surface area (TPSA) is 43.1 Å². The third-order valence-electron chi connectivity index (χ3n) is 2.94. The van der Waals surface area contributed by atoms with Crippen LogP contribution in [-0.4, -0.2) is 19.8 Å². The SMILES string of the molecule is Fc1ccc(-c2nnc3sc(-c4ccsc4)nn23)cc1Br. The van der Waals surface area contributed by atoms with Crippen molar-refractivity contribution in [2.45, 2.75) is 0 Å². The Labute approximate surface area is 135 Å². The zero-order chi connectivity index (χ0) is 14.4. The van der Waals surface area contributed by atoms with Gasteiger partial charge in [-0.05, 0) is 45.6 Å². The van der Waals surface area contributed by atoms with Crippen molar-refractivity contribution in [3.63, 3.8) is 0 Å². The van der Waals surface area contributed by atoms with E-state index >= 15 is 0 Å². The summed E-state index contributed by atoms with van der Waals surface area (Å²) in [5, 5.41) is 17.8. The van der Waals surface area contributed by atoms with Crippen molar-refractivity contribution >= 4 is 43.6 Å². The third kappa shape index (κ3) is 2.19. The fourth-order valence-electron chi connectivity index (χ4n) is 1.93. The average Bonchev–Trinajstić information content (AvgIpc) is 3.15. The number of aromatic nitrogens is 4. The number of benzene rings is 1. The Kier molecular flexibility index (Phi) is 3.09. The Morgan fingerprint density at radius 1 is 1.14 bits per heavy atom. The lowest BCUT2D eigenvalue weighted by molar-refractivity contribution is 0.621. The van der Waals surface area contributed by atoms with Gasteiger partial charge in [0.25, 0.3) is 0 Å². The van der Waals surface area contributed by atoms with Crippen molar-refractivity contribution in [1.82, 2.24) is 19.8 Å². The minimum absolute atomic E-state index is 0.309. The zero-order valence-corrected chi connectivity index (χ0v) is 13.5. The predicted octanol–water partition coefficient (Wildman–Crippen LogP) is 4.48. The van der Waals surface area contributed by atoms with Crippen LogP contribution in [0, 0.1) is 5.82 Å². The Balaban J connectivity index is 1.87. The second-order valence-electron chi connectivity index (χ2n) is 4.27. The number of thiophene rings is 1. The van der Waals surface area contributed by atoms with Crippen molar-refractivity contribution in [2.24, 2.45) is 0 Å². The molecule has 1 aromatic carbocycles. The Bertz CT molecular complexity index is 929. The first-order valence-corrected chi connectivity index (χ1v) is 8.48. The van der Waals surface area contributed by atoms with Gasteiger partial charge in [0.1, 0.15) is 10.8 Å². The highest BCUT2D eigenvalue weighted by Gasteiger charge is 2.15. The first-order chi connectivity index (χ1) is 10.2. The van der Waals surface area contributed by atoms with Gasteiger partial charge in [-0.25, -0.2) is 4.39 Å². The van der Waals surface area contributed by atoms with Crippen LogP contribution in [0.4, 0.5) is 4.39 Å². The molecule has 0 atom stereocenters. The van der Waals surface area contributed by atoms with Gasteiger partial charge in [-0.15, -0.1) is 10.2 Å². The van der Waals surface area contributed by atoms with Gasteiger partial charge >= 0.3 is 0 Å². The molecule has 0 amide bonds. The smallest absolute Gasteiger partial charge is 0.206 e. The molecule has 0 aliphatic heterocycles. The normalized spacial score (nSPS) is 11.3. The maximum absolute atomic E-state index is 13.3. The molecule has 4 aromatic rings. The lowest BCUT2D eigenvalue weighted by Gasteiger charge is -1.99. The van der Waals surface area contributed by atoms with Crippen LogP contribution < -0.4 is 0 Å². The molecule has 0 bridgehead atoms. The molecule has 0 saturated heterocycles. The quantitative estimate of drug-likeness (QED) is 0.514. The number of hydrogen-bond donors (Lipinski definition) is 0. The molecule has 0 aliphatic rings. The standard InChI is InChI=1S/C13H6BrFN4S2/c14-9-5-7(1-2-10(9)15)11-16-17-13-19(11)18-12(21-13)8-3-4-20-6-8/h1-6H. The second kappa shape index (κ2) is 4.97. The fraction of sp³-hybridized carbons (Fsp3) is 0. The summed E-state index contributed by atoms with van der Waals surface area (Å²) >= 11 is 6.29. The van der Waals surface area contributed by atoms with Crippen LogP contribution in [0.5, 0.6) is 0 Å². The summed E-state index contributed by atoms with van der Waals surface area (Å²) in [6.07, 6.45) is 0. The van der Waals surface area contributed by atoms with E-state index in [0.29, 0.717) is 15.3 Å². The van der Waals surface area contributed by atoms with E-state index in [1.165, 1.54) is 17.4 Å². The van der Waals surface area contributed by atoms with Crippen molar-refractivity contribution < 1.29 is 4.39 Å². The minimum atomic E-state index is -0.309. The summed E-state index contributed by atoms with van der Waals surface area (Å²) in [5.74, 6) is 0.292. The molecule has 0 aliphatic carbocycles. The van der Waals surface area contributed by atoms with Crippen LogP contribution in [0.1, 0.15) is 0 Å². The molecule has 0 N–H and O–H groups in total. The Morgan fingerprint density at radius 3 is 2.81 bits per heavy atom. The lowest BCUT2D eigenvalue weighted by atomic mass is 10.2. The molecule has 4 nitrogen and oxygen atoms in total. The summed E-state index contributed by atoms with van der Waals surface area (Å²) in [4.78, 5) is 0.714. The molecule has 0 fully saturated rings. The first-order valence-electron chi connectivity index (χ1n) is 5.92. The van der Waals surface area contributed by atoms with E-state index in [4.69, 9.17) is 0 Å². The highest BCUT2D eigenvalue weighted by atomic mass is 79.9. The zero-order valence-electron chi connectivity index (χ0n) is 10.3. The van der Waals surface area contributed by atoms with Gasteiger partial charge in [0, 0.05) is 16.5 Å². The molecule has 0 spiro atoms. The first kappa shape index (κ1) is 13.1. The highest BCUT2D eigenvalue weighted by Crippen LogP contribution is 2.30. The number of rotatable bonds is 2. The van der Waals surface area contributed by atoms with Gasteiger partial charge < -0.3 is 0 Å². The summed E-state index contributed by atoms with van der Waals surface area (Å²) in [6, 6.07) is 6.76. The van der Waals surface area contributed by atoms with E-state index in [0.717, 1.165) is 16.1 Å². The van der Waals surface area contributed by atoms with Gasteiger partial charge in [0.2, 0.25) is 4.96 Å². The van der Waals surface area contributed by atoms with Gasteiger partial charge in [-0.2, -0.15) is 21.0 Å². The molecule has 4 rings (SSSR count). The molecule has 104 valence electrons. The van der Waals surface area contributed by atoms with E-state index < -0.39 is 0 Å². The molecular weight excluding hydrogens is 375 g/mol. The van der Waals surface area contributed by atoms with Crippen LogP contribution in [-0.2, 0) is 0 Å². The molecular formula is C13H6BrFN4S2. The second-order valence-corrected chi connectivity index (χ2v) is 6.86. The number of halogens is 2. The maximum atomic E-state index is 13.3. The molecule has 3 aromatic heterocycles. The van der Waals surface area contributed by atoms with Crippen molar-refractivity contribution in [2.75, 3.05) is 0 Å². The average molecular weight is 381 g/mol. The van der Waals surface area contributed by atoms with Crippen LogP contribution in [0.3, 0.4) is 0 Å². The predicted molar refractivity (Wildman–Crippen MR) is 85.1 cm³/mol. The van der Waals surface area contributed by atoms with Crippen molar-refractivity contribution in [3.05, 3.63) is 45.3 Å².